The molecule has 64 valence electrons. The number of likely N-dealkylation sites (N-methyl/N-ethyl adjacent to an activating group) is 1. The zero-order valence-electron chi connectivity index (χ0n) is 6.78. The number of H-pyrrole nitrogens is 1. The Labute approximate surface area is 70.2 Å². The van der Waals surface area contributed by atoms with Gasteiger partial charge in [0, 0.05) is 26.0 Å². The minimum absolute atomic E-state index is 0.312. The molecule has 1 N–H and O–H groups in total. The third-order valence-corrected chi connectivity index (χ3v) is 1.56. The van der Waals surface area contributed by atoms with E-state index in [1.54, 1.807) is 19.4 Å². The molecule has 0 saturated carbocycles. The van der Waals surface area contributed by atoms with Crippen molar-refractivity contribution in [3.63, 3.8) is 0 Å². The third kappa shape index (κ3) is 1.95. The van der Waals surface area contributed by atoms with Crippen molar-refractivity contribution in [3.05, 3.63) is 24.0 Å². The van der Waals surface area contributed by atoms with E-state index >= 15 is 0 Å². The van der Waals surface area contributed by atoms with Crippen LogP contribution in [0.1, 0.15) is 5.56 Å². The summed E-state index contributed by atoms with van der Waals surface area (Å²) in [6.07, 6.45) is 3.87. The van der Waals surface area contributed by atoms with Crippen molar-refractivity contribution >= 4 is 12.2 Å². The molecule has 1 aromatic rings. The summed E-state index contributed by atoms with van der Waals surface area (Å²) in [5, 5.41) is 0. The predicted molar refractivity (Wildman–Crippen MR) is 43.3 cm³/mol. The van der Waals surface area contributed by atoms with Gasteiger partial charge in [-0.05, 0) is 11.6 Å². The molecule has 1 aromatic heterocycles. The molecule has 0 aliphatic heterocycles. The smallest absolute Gasteiger partial charge is 0.286 e. The van der Waals surface area contributed by atoms with Crippen molar-refractivity contribution < 1.29 is 9.59 Å². The van der Waals surface area contributed by atoms with E-state index in [1.807, 2.05) is 6.07 Å². The van der Waals surface area contributed by atoms with E-state index in [0.29, 0.717) is 12.8 Å². The van der Waals surface area contributed by atoms with Crippen LogP contribution in [0.2, 0.25) is 0 Å². The Balaban J connectivity index is 2.52. The topological polar surface area (TPSA) is 53.2 Å². The molecule has 0 spiro atoms. The van der Waals surface area contributed by atoms with Gasteiger partial charge in [-0.25, -0.2) is 0 Å². The molecule has 0 saturated heterocycles. The number of aromatic amines is 1. The van der Waals surface area contributed by atoms with Crippen LogP contribution in [0.3, 0.4) is 0 Å². The van der Waals surface area contributed by atoms with Gasteiger partial charge in [0.2, 0.25) is 6.29 Å². The molecule has 12 heavy (non-hydrogen) atoms. The predicted octanol–water partition coefficient (Wildman–Crippen LogP) is 0.172. The highest BCUT2D eigenvalue weighted by atomic mass is 16.2. The Morgan fingerprint density at radius 3 is 3.00 bits per heavy atom. The molecule has 0 unspecified atom stereocenters. The Hall–Kier alpha value is -1.58. The number of nitrogens with zero attached hydrogens (tertiary/aromatic N) is 1. The van der Waals surface area contributed by atoms with Crippen molar-refractivity contribution in [2.45, 2.75) is 6.54 Å². The van der Waals surface area contributed by atoms with Gasteiger partial charge in [-0.2, -0.15) is 0 Å². The molecule has 0 aliphatic carbocycles. The van der Waals surface area contributed by atoms with Crippen LogP contribution in [0.4, 0.5) is 0 Å². The number of aldehydes is 1. The van der Waals surface area contributed by atoms with Crippen molar-refractivity contribution in [1.29, 1.82) is 0 Å². The molecule has 0 aliphatic rings. The van der Waals surface area contributed by atoms with Crippen LogP contribution in [0, 0.1) is 0 Å². The van der Waals surface area contributed by atoms with Crippen LogP contribution in [-0.2, 0) is 16.1 Å². The maximum absolute atomic E-state index is 10.8. The average molecular weight is 166 g/mol. The summed E-state index contributed by atoms with van der Waals surface area (Å²) in [4.78, 5) is 25.1. The Bertz CT molecular complexity index is 267. The van der Waals surface area contributed by atoms with E-state index in [0.717, 1.165) is 5.56 Å². The van der Waals surface area contributed by atoms with Crippen LogP contribution >= 0.6 is 0 Å². The lowest BCUT2D eigenvalue weighted by molar-refractivity contribution is -0.138. The fourth-order valence-corrected chi connectivity index (χ4v) is 0.899. The van der Waals surface area contributed by atoms with Crippen LogP contribution in [0.5, 0.6) is 0 Å². The van der Waals surface area contributed by atoms with Gasteiger partial charge in [0.15, 0.2) is 0 Å². The first-order chi connectivity index (χ1) is 5.74. The van der Waals surface area contributed by atoms with Crippen molar-refractivity contribution in [2.75, 3.05) is 7.05 Å². The summed E-state index contributed by atoms with van der Waals surface area (Å²) in [6, 6.07) is 1.86. The third-order valence-electron chi connectivity index (χ3n) is 1.56. The first-order valence-electron chi connectivity index (χ1n) is 3.56. The summed E-state index contributed by atoms with van der Waals surface area (Å²) in [7, 11) is 1.59. The zero-order chi connectivity index (χ0) is 8.97. The minimum Gasteiger partial charge on any atom is -0.367 e. The number of rotatable bonds is 3. The van der Waals surface area contributed by atoms with Gasteiger partial charge in [-0.3, -0.25) is 9.59 Å². The number of hydrogen-bond acceptors (Lipinski definition) is 2. The normalized spacial score (nSPS) is 9.42. The molecule has 0 fully saturated rings. The standard InChI is InChI=1S/C8H10N2O2/c1-10(8(12)6-11)5-7-2-3-9-4-7/h2-4,6,9H,5H2,1H3. The second-order valence-corrected chi connectivity index (χ2v) is 2.53. The van der Waals surface area contributed by atoms with Crippen molar-refractivity contribution in [2.24, 2.45) is 0 Å². The highest BCUT2D eigenvalue weighted by molar-refractivity contribution is 6.23. The van der Waals surface area contributed by atoms with Gasteiger partial charge in [0.1, 0.15) is 0 Å². The molecule has 1 amide bonds. The largest absolute Gasteiger partial charge is 0.367 e. The first kappa shape index (κ1) is 8.52. The molecule has 1 rings (SSSR count). The van der Waals surface area contributed by atoms with Gasteiger partial charge >= 0.3 is 0 Å². The van der Waals surface area contributed by atoms with Crippen molar-refractivity contribution in [3.8, 4) is 0 Å². The summed E-state index contributed by atoms with van der Waals surface area (Å²) in [5.41, 5.74) is 0.979. The van der Waals surface area contributed by atoms with Crippen LogP contribution < -0.4 is 0 Å². The first-order valence-corrected chi connectivity index (χ1v) is 3.56. The number of aromatic nitrogens is 1. The van der Waals surface area contributed by atoms with Crippen molar-refractivity contribution in [1.82, 2.24) is 9.88 Å². The Morgan fingerprint density at radius 1 is 1.75 bits per heavy atom. The zero-order valence-corrected chi connectivity index (χ0v) is 6.78. The summed E-state index contributed by atoms with van der Waals surface area (Å²) < 4.78 is 0. The van der Waals surface area contributed by atoms with Gasteiger partial charge in [-0.15, -0.1) is 0 Å². The van der Waals surface area contributed by atoms with E-state index in [9.17, 15) is 9.59 Å². The number of nitrogens with one attached hydrogen (secondary N) is 1. The lowest BCUT2D eigenvalue weighted by Gasteiger charge is -2.11. The molecule has 4 nitrogen and oxygen atoms in total. The molecule has 0 bridgehead atoms. The van der Waals surface area contributed by atoms with Gasteiger partial charge in [0.05, 0.1) is 0 Å². The average Bonchev–Trinajstić information content (AvgIpc) is 2.55. The van der Waals surface area contributed by atoms with Gasteiger partial charge < -0.3 is 9.88 Å². The highest BCUT2D eigenvalue weighted by Crippen LogP contribution is 2.00. The fourth-order valence-electron chi connectivity index (χ4n) is 0.899. The molecule has 0 radical (unpaired) electrons. The maximum atomic E-state index is 10.8. The number of carbonyl (C=O) groups is 2. The van der Waals surface area contributed by atoms with E-state index in [-0.39, 0.29) is 0 Å². The maximum Gasteiger partial charge on any atom is 0.286 e. The number of amides is 1. The van der Waals surface area contributed by atoms with Crippen LogP contribution in [0.15, 0.2) is 18.5 Å². The van der Waals surface area contributed by atoms with E-state index in [1.165, 1.54) is 4.90 Å². The summed E-state index contributed by atoms with van der Waals surface area (Å²) in [5.74, 6) is -0.504. The molecule has 0 atom stereocenters. The Kier molecular flexibility index (Phi) is 2.63. The monoisotopic (exact) mass is 166 g/mol. The Morgan fingerprint density at radius 2 is 2.50 bits per heavy atom. The number of carbonyl (C=O) groups excluding carboxylic acids is 2. The minimum atomic E-state index is -0.504. The fraction of sp³-hybridized carbons (Fsp3) is 0.250. The second-order valence-electron chi connectivity index (χ2n) is 2.53. The summed E-state index contributed by atoms with van der Waals surface area (Å²) >= 11 is 0. The molecule has 4 heteroatoms. The van der Waals surface area contributed by atoms with Gasteiger partial charge in [0.25, 0.3) is 5.91 Å². The molecular formula is C8H10N2O2. The highest BCUT2D eigenvalue weighted by Gasteiger charge is 2.06. The SMILES string of the molecule is CN(Cc1cc[nH]c1)C(=O)C=O. The number of hydrogen-bond donors (Lipinski definition) is 1. The second kappa shape index (κ2) is 3.71. The quantitative estimate of drug-likeness (QED) is 0.514. The lowest BCUT2D eigenvalue weighted by Crippen LogP contribution is -2.26. The summed E-state index contributed by atoms with van der Waals surface area (Å²) in [6.45, 7) is 0.459. The van der Waals surface area contributed by atoms with E-state index in [4.69, 9.17) is 0 Å². The molecular weight excluding hydrogens is 156 g/mol. The molecule has 1 heterocycles. The molecule has 0 aromatic carbocycles. The van der Waals surface area contributed by atoms with E-state index < -0.39 is 5.91 Å². The van der Waals surface area contributed by atoms with Crippen LogP contribution in [-0.4, -0.2) is 29.1 Å². The van der Waals surface area contributed by atoms with Gasteiger partial charge in [-0.1, -0.05) is 0 Å². The lowest BCUT2D eigenvalue weighted by atomic mass is 10.3. The van der Waals surface area contributed by atoms with Crippen LogP contribution in [0.25, 0.3) is 0 Å². The van der Waals surface area contributed by atoms with E-state index in [2.05, 4.69) is 4.98 Å².